The molecule has 1 aliphatic heterocycles. The summed E-state index contributed by atoms with van der Waals surface area (Å²) in [7, 11) is 1.87. The molecule has 0 aliphatic carbocycles. The Balaban J connectivity index is 1.98. The van der Waals surface area contributed by atoms with E-state index >= 15 is 0 Å². The van der Waals surface area contributed by atoms with Gasteiger partial charge in [0.05, 0.1) is 5.69 Å². The number of aromatic nitrogens is 2. The molecule has 4 nitrogen and oxygen atoms in total. The lowest BCUT2D eigenvalue weighted by molar-refractivity contribution is 0.573. The largest absolute Gasteiger partial charge is 0.357 e. The molecule has 0 saturated carbocycles. The number of piperidine rings is 1. The molecule has 0 spiro atoms. The van der Waals surface area contributed by atoms with Gasteiger partial charge in [0.1, 0.15) is 5.82 Å². The van der Waals surface area contributed by atoms with Crippen molar-refractivity contribution in [2.75, 3.05) is 30.4 Å². The van der Waals surface area contributed by atoms with E-state index in [4.69, 9.17) is 0 Å². The first-order chi connectivity index (χ1) is 9.86. The molecule has 3 rings (SSSR count). The molecule has 1 aromatic heterocycles. The molecule has 4 heteroatoms. The topological polar surface area (TPSA) is 41.1 Å². The van der Waals surface area contributed by atoms with Crippen LogP contribution < -0.4 is 10.2 Å². The first-order valence-electron chi connectivity index (χ1n) is 7.24. The predicted molar refractivity (Wildman–Crippen MR) is 83.1 cm³/mol. The third kappa shape index (κ3) is 2.74. The Morgan fingerprint density at radius 2 is 1.75 bits per heavy atom. The summed E-state index contributed by atoms with van der Waals surface area (Å²) in [5.74, 6) is 1.72. The van der Waals surface area contributed by atoms with E-state index in [1.54, 1.807) is 0 Å². The molecule has 0 bridgehead atoms. The van der Waals surface area contributed by atoms with Gasteiger partial charge in [-0.2, -0.15) is 4.98 Å². The minimum absolute atomic E-state index is 0.687. The lowest BCUT2D eigenvalue weighted by Crippen LogP contribution is -2.30. The van der Waals surface area contributed by atoms with E-state index in [9.17, 15) is 0 Å². The summed E-state index contributed by atoms with van der Waals surface area (Å²) in [5, 5.41) is 3.07. The van der Waals surface area contributed by atoms with Crippen molar-refractivity contribution in [3.05, 3.63) is 36.4 Å². The first-order valence-corrected chi connectivity index (χ1v) is 7.24. The van der Waals surface area contributed by atoms with Crippen LogP contribution in [0, 0.1) is 0 Å². The van der Waals surface area contributed by atoms with Gasteiger partial charge in [0, 0.05) is 31.8 Å². The number of benzene rings is 1. The zero-order chi connectivity index (χ0) is 13.8. The van der Waals surface area contributed by atoms with Crippen LogP contribution in [0.4, 0.5) is 11.8 Å². The number of rotatable bonds is 3. The zero-order valence-corrected chi connectivity index (χ0v) is 11.8. The zero-order valence-electron chi connectivity index (χ0n) is 11.8. The van der Waals surface area contributed by atoms with Crippen LogP contribution in [0.25, 0.3) is 11.3 Å². The van der Waals surface area contributed by atoms with E-state index in [1.807, 2.05) is 25.2 Å². The molecule has 2 heterocycles. The van der Waals surface area contributed by atoms with E-state index in [-0.39, 0.29) is 0 Å². The molecule has 0 unspecified atom stereocenters. The second kappa shape index (κ2) is 5.90. The monoisotopic (exact) mass is 268 g/mol. The molecule has 0 amide bonds. The fourth-order valence-electron chi connectivity index (χ4n) is 2.59. The Labute approximate surface area is 119 Å². The van der Waals surface area contributed by atoms with Gasteiger partial charge in [-0.15, -0.1) is 0 Å². The van der Waals surface area contributed by atoms with E-state index in [0.29, 0.717) is 5.95 Å². The Hall–Kier alpha value is -2.10. The van der Waals surface area contributed by atoms with Crippen molar-refractivity contribution in [2.45, 2.75) is 19.3 Å². The molecule has 0 radical (unpaired) electrons. The molecule has 1 fully saturated rings. The van der Waals surface area contributed by atoms with Gasteiger partial charge in [0.25, 0.3) is 0 Å². The Kier molecular flexibility index (Phi) is 3.81. The second-order valence-electron chi connectivity index (χ2n) is 5.10. The summed E-state index contributed by atoms with van der Waals surface area (Å²) in [6, 6.07) is 12.4. The third-order valence-corrected chi connectivity index (χ3v) is 3.69. The van der Waals surface area contributed by atoms with Crippen molar-refractivity contribution in [1.29, 1.82) is 0 Å². The van der Waals surface area contributed by atoms with E-state index < -0.39 is 0 Å². The van der Waals surface area contributed by atoms with Crippen LogP contribution in [0.5, 0.6) is 0 Å². The van der Waals surface area contributed by atoms with E-state index in [1.165, 1.54) is 19.3 Å². The fraction of sp³-hybridized carbons (Fsp3) is 0.375. The fourth-order valence-corrected chi connectivity index (χ4v) is 2.59. The lowest BCUT2D eigenvalue weighted by atomic mass is 10.1. The maximum absolute atomic E-state index is 4.60. The van der Waals surface area contributed by atoms with Gasteiger partial charge in [-0.05, 0) is 19.3 Å². The molecule has 2 aromatic rings. The molecule has 20 heavy (non-hydrogen) atoms. The number of hydrogen-bond donors (Lipinski definition) is 1. The van der Waals surface area contributed by atoms with Crippen molar-refractivity contribution in [3.8, 4) is 11.3 Å². The van der Waals surface area contributed by atoms with Crippen molar-refractivity contribution in [3.63, 3.8) is 0 Å². The van der Waals surface area contributed by atoms with Crippen molar-refractivity contribution in [1.82, 2.24) is 9.97 Å². The minimum atomic E-state index is 0.687. The van der Waals surface area contributed by atoms with Crippen LogP contribution in [-0.4, -0.2) is 30.1 Å². The molecule has 1 N–H and O–H groups in total. The van der Waals surface area contributed by atoms with Crippen LogP contribution in [0.3, 0.4) is 0 Å². The maximum Gasteiger partial charge on any atom is 0.224 e. The molecule has 1 aliphatic rings. The van der Waals surface area contributed by atoms with Gasteiger partial charge in [0.2, 0.25) is 5.95 Å². The van der Waals surface area contributed by atoms with Crippen LogP contribution in [0.1, 0.15) is 19.3 Å². The van der Waals surface area contributed by atoms with E-state index in [0.717, 1.165) is 30.2 Å². The minimum Gasteiger partial charge on any atom is -0.357 e. The summed E-state index contributed by atoms with van der Waals surface area (Å²) in [5.41, 5.74) is 2.11. The van der Waals surface area contributed by atoms with Crippen LogP contribution >= 0.6 is 0 Å². The smallest absolute Gasteiger partial charge is 0.224 e. The Bertz CT molecular complexity index is 562. The van der Waals surface area contributed by atoms with Gasteiger partial charge in [0.15, 0.2) is 0 Å². The van der Waals surface area contributed by atoms with Crippen LogP contribution in [-0.2, 0) is 0 Å². The van der Waals surface area contributed by atoms with Gasteiger partial charge in [-0.1, -0.05) is 30.3 Å². The van der Waals surface area contributed by atoms with Crippen molar-refractivity contribution >= 4 is 11.8 Å². The summed E-state index contributed by atoms with van der Waals surface area (Å²) < 4.78 is 0. The first kappa shape index (κ1) is 12.9. The number of nitrogens with zero attached hydrogens (tertiary/aromatic N) is 3. The van der Waals surface area contributed by atoms with E-state index in [2.05, 4.69) is 38.4 Å². The molecular weight excluding hydrogens is 248 g/mol. The standard InChI is InChI=1S/C16H20N4/c1-17-16-18-14(13-8-4-2-5-9-13)12-15(19-16)20-10-6-3-7-11-20/h2,4-5,8-9,12H,3,6-7,10-11H2,1H3,(H,17,18,19). The molecule has 1 saturated heterocycles. The van der Waals surface area contributed by atoms with Crippen LogP contribution in [0.15, 0.2) is 36.4 Å². The predicted octanol–water partition coefficient (Wildman–Crippen LogP) is 3.18. The Morgan fingerprint density at radius 1 is 1.00 bits per heavy atom. The van der Waals surface area contributed by atoms with Crippen molar-refractivity contribution in [2.24, 2.45) is 0 Å². The maximum atomic E-state index is 4.60. The highest BCUT2D eigenvalue weighted by Crippen LogP contribution is 2.25. The quantitative estimate of drug-likeness (QED) is 0.928. The Morgan fingerprint density at radius 3 is 2.45 bits per heavy atom. The summed E-state index contributed by atoms with van der Waals surface area (Å²) in [6.45, 7) is 2.18. The average Bonchev–Trinajstić information content (AvgIpc) is 2.56. The van der Waals surface area contributed by atoms with Crippen molar-refractivity contribution < 1.29 is 0 Å². The van der Waals surface area contributed by atoms with Gasteiger partial charge < -0.3 is 10.2 Å². The summed E-state index contributed by atoms with van der Waals surface area (Å²) in [6.07, 6.45) is 3.82. The third-order valence-electron chi connectivity index (χ3n) is 3.69. The molecule has 0 atom stereocenters. The number of hydrogen-bond acceptors (Lipinski definition) is 4. The average molecular weight is 268 g/mol. The SMILES string of the molecule is CNc1nc(-c2ccccc2)cc(N2CCCCC2)n1. The normalized spacial score (nSPS) is 15.2. The molecule has 104 valence electrons. The molecular formula is C16H20N4. The highest BCUT2D eigenvalue weighted by molar-refractivity contribution is 5.64. The lowest BCUT2D eigenvalue weighted by Gasteiger charge is -2.28. The highest BCUT2D eigenvalue weighted by atomic mass is 15.2. The van der Waals surface area contributed by atoms with Gasteiger partial charge in [-0.25, -0.2) is 4.98 Å². The molecule has 1 aromatic carbocycles. The number of nitrogens with one attached hydrogen (secondary N) is 1. The van der Waals surface area contributed by atoms with Gasteiger partial charge in [-0.3, -0.25) is 0 Å². The second-order valence-corrected chi connectivity index (χ2v) is 5.10. The summed E-state index contributed by atoms with van der Waals surface area (Å²) in [4.78, 5) is 11.5. The van der Waals surface area contributed by atoms with Crippen LogP contribution in [0.2, 0.25) is 0 Å². The van der Waals surface area contributed by atoms with Gasteiger partial charge >= 0.3 is 0 Å². The summed E-state index contributed by atoms with van der Waals surface area (Å²) >= 11 is 0. The number of anilines is 2. The highest BCUT2D eigenvalue weighted by Gasteiger charge is 2.14.